The minimum absolute atomic E-state index is 0.228. The van der Waals surface area contributed by atoms with Crippen LogP contribution in [-0.4, -0.2) is 21.9 Å². The van der Waals surface area contributed by atoms with Crippen LogP contribution in [0.4, 0.5) is 24.8 Å². The molecule has 8 heteroatoms. The van der Waals surface area contributed by atoms with Crippen molar-refractivity contribution in [2.24, 2.45) is 0 Å². The van der Waals surface area contributed by atoms with Crippen molar-refractivity contribution in [2.75, 3.05) is 5.32 Å². The SMILES string of the molecule is CCC(C)NC(=O)c1cnc(Nc2ccccc2)nc1C(F)(F)F. The number of anilines is 2. The van der Waals surface area contributed by atoms with Crippen molar-refractivity contribution in [3.63, 3.8) is 0 Å². The standard InChI is InChI=1S/C16H17F3N4O/c1-3-10(2)21-14(24)12-9-20-15(23-13(12)16(17,18)19)22-11-7-5-4-6-8-11/h4-10H,3H2,1-2H3,(H,21,24)(H,20,22,23). The number of amides is 1. The van der Waals surface area contributed by atoms with Crippen LogP contribution in [0.1, 0.15) is 36.3 Å². The molecule has 0 saturated heterocycles. The molecule has 0 spiro atoms. The average molecular weight is 338 g/mol. The first-order valence-electron chi connectivity index (χ1n) is 7.38. The lowest BCUT2D eigenvalue weighted by molar-refractivity contribution is -0.141. The fourth-order valence-corrected chi connectivity index (χ4v) is 1.88. The van der Waals surface area contributed by atoms with Gasteiger partial charge in [-0.2, -0.15) is 13.2 Å². The van der Waals surface area contributed by atoms with Crippen LogP contribution in [0.15, 0.2) is 36.5 Å². The van der Waals surface area contributed by atoms with Gasteiger partial charge in [0, 0.05) is 17.9 Å². The summed E-state index contributed by atoms with van der Waals surface area (Å²) in [5.74, 6) is -1.07. The Kier molecular flexibility index (Phi) is 5.38. The van der Waals surface area contributed by atoms with Crippen molar-refractivity contribution in [1.29, 1.82) is 0 Å². The molecule has 0 fully saturated rings. The van der Waals surface area contributed by atoms with E-state index in [1.165, 1.54) is 0 Å². The van der Waals surface area contributed by atoms with Crippen LogP contribution in [-0.2, 0) is 6.18 Å². The molecule has 0 aliphatic heterocycles. The fourth-order valence-electron chi connectivity index (χ4n) is 1.88. The van der Waals surface area contributed by atoms with E-state index < -0.39 is 23.3 Å². The molecule has 2 rings (SSSR count). The van der Waals surface area contributed by atoms with Gasteiger partial charge in [-0.3, -0.25) is 4.79 Å². The van der Waals surface area contributed by atoms with Gasteiger partial charge in [-0.25, -0.2) is 9.97 Å². The zero-order valence-electron chi connectivity index (χ0n) is 13.2. The molecule has 24 heavy (non-hydrogen) atoms. The molecule has 1 heterocycles. The third kappa shape index (κ3) is 4.43. The smallest absolute Gasteiger partial charge is 0.349 e. The number of carbonyl (C=O) groups is 1. The number of hydrogen-bond donors (Lipinski definition) is 2. The Morgan fingerprint density at radius 2 is 1.92 bits per heavy atom. The van der Waals surface area contributed by atoms with Gasteiger partial charge in [0.25, 0.3) is 5.91 Å². The normalized spacial score (nSPS) is 12.5. The van der Waals surface area contributed by atoms with E-state index in [4.69, 9.17) is 0 Å². The Hall–Kier alpha value is -2.64. The molecule has 1 aromatic carbocycles. The van der Waals surface area contributed by atoms with Gasteiger partial charge in [0.2, 0.25) is 5.95 Å². The number of nitrogens with one attached hydrogen (secondary N) is 2. The molecule has 0 aliphatic rings. The van der Waals surface area contributed by atoms with Crippen molar-refractivity contribution in [3.05, 3.63) is 47.8 Å². The minimum Gasteiger partial charge on any atom is -0.349 e. The van der Waals surface area contributed by atoms with Crippen LogP contribution in [0.2, 0.25) is 0 Å². The van der Waals surface area contributed by atoms with Gasteiger partial charge in [-0.15, -0.1) is 0 Å². The largest absolute Gasteiger partial charge is 0.434 e. The maximum atomic E-state index is 13.2. The number of nitrogens with zero attached hydrogens (tertiary/aromatic N) is 2. The molecule has 0 saturated carbocycles. The molecule has 128 valence electrons. The number of alkyl halides is 3. The summed E-state index contributed by atoms with van der Waals surface area (Å²) < 4.78 is 39.7. The zero-order chi connectivity index (χ0) is 17.7. The van der Waals surface area contributed by atoms with Crippen molar-refractivity contribution in [1.82, 2.24) is 15.3 Å². The Labute approximate surface area is 137 Å². The lowest BCUT2D eigenvalue weighted by Gasteiger charge is -2.15. The number of aromatic nitrogens is 2. The van der Waals surface area contributed by atoms with Crippen LogP contribution >= 0.6 is 0 Å². The van der Waals surface area contributed by atoms with E-state index in [0.29, 0.717) is 12.1 Å². The van der Waals surface area contributed by atoms with E-state index >= 15 is 0 Å². The summed E-state index contributed by atoms with van der Waals surface area (Å²) in [5.41, 5.74) is -1.32. The zero-order valence-corrected chi connectivity index (χ0v) is 13.2. The minimum atomic E-state index is -4.77. The number of halogens is 3. The van der Waals surface area contributed by atoms with Gasteiger partial charge >= 0.3 is 6.18 Å². The second kappa shape index (κ2) is 7.29. The molecule has 2 N–H and O–H groups in total. The Balaban J connectivity index is 2.34. The summed E-state index contributed by atoms with van der Waals surface area (Å²) >= 11 is 0. The third-order valence-corrected chi connectivity index (χ3v) is 3.32. The predicted octanol–water partition coefficient (Wildman–Crippen LogP) is 3.77. The van der Waals surface area contributed by atoms with E-state index in [-0.39, 0.29) is 12.0 Å². The highest BCUT2D eigenvalue weighted by Gasteiger charge is 2.38. The Morgan fingerprint density at radius 3 is 2.50 bits per heavy atom. The van der Waals surface area contributed by atoms with Crippen LogP contribution < -0.4 is 10.6 Å². The third-order valence-electron chi connectivity index (χ3n) is 3.32. The van der Waals surface area contributed by atoms with Crippen molar-refractivity contribution >= 4 is 17.5 Å². The summed E-state index contributed by atoms with van der Waals surface area (Å²) in [6.07, 6.45) is -3.28. The van der Waals surface area contributed by atoms with Gasteiger partial charge in [0.1, 0.15) is 0 Å². The molecule has 0 aliphatic carbocycles. The van der Waals surface area contributed by atoms with Crippen LogP contribution in [0.5, 0.6) is 0 Å². The summed E-state index contributed by atoms with van der Waals surface area (Å²) in [6, 6.07) is 8.30. The fraction of sp³-hybridized carbons (Fsp3) is 0.312. The molecule has 1 aromatic heterocycles. The van der Waals surface area contributed by atoms with Crippen molar-refractivity contribution < 1.29 is 18.0 Å². The number of para-hydroxylation sites is 1. The molecular formula is C16H17F3N4O. The monoisotopic (exact) mass is 338 g/mol. The summed E-state index contributed by atoms with van der Waals surface area (Å²) in [5, 5.41) is 5.17. The highest BCUT2D eigenvalue weighted by atomic mass is 19.4. The molecule has 5 nitrogen and oxygen atoms in total. The van der Waals surface area contributed by atoms with Crippen molar-refractivity contribution in [3.8, 4) is 0 Å². The lowest BCUT2D eigenvalue weighted by Crippen LogP contribution is -2.34. The Morgan fingerprint density at radius 1 is 1.25 bits per heavy atom. The van der Waals surface area contributed by atoms with Gasteiger partial charge in [-0.05, 0) is 25.5 Å². The maximum absolute atomic E-state index is 13.2. The number of carbonyl (C=O) groups excluding carboxylic acids is 1. The number of hydrogen-bond acceptors (Lipinski definition) is 4. The van der Waals surface area contributed by atoms with E-state index in [1.807, 2.05) is 6.92 Å². The molecular weight excluding hydrogens is 321 g/mol. The first-order valence-corrected chi connectivity index (χ1v) is 7.38. The second-order valence-electron chi connectivity index (χ2n) is 5.23. The van der Waals surface area contributed by atoms with Gasteiger partial charge in [0.05, 0.1) is 5.56 Å². The molecule has 1 atom stereocenters. The lowest BCUT2D eigenvalue weighted by atomic mass is 10.2. The number of rotatable bonds is 5. The second-order valence-corrected chi connectivity index (χ2v) is 5.23. The quantitative estimate of drug-likeness (QED) is 0.871. The molecule has 0 bridgehead atoms. The van der Waals surface area contributed by atoms with Crippen molar-refractivity contribution in [2.45, 2.75) is 32.5 Å². The molecule has 2 aromatic rings. The Bertz CT molecular complexity index is 704. The van der Waals surface area contributed by atoms with Crippen LogP contribution in [0.3, 0.4) is 0 Å². The van der Waals surface area contributed by atoms with Crippen LogP contribution in [0, 0.1) is 0 Å². The topological polar surface area (TPSA) is 66.9 Å². The highest BCUT2D eigenvalue weighted by Crippen LogP contribution is 2.31. The van der Waals surface area contributed by atoms with Crippen LogP contribution in [0.25, 0.3) is 0 Å². The summed E-state index contributed by atoms with van der Waals surface area (Å²) in [7, 11) is 0. The van der Waals surface area contributed by atoms with E-state index in [1.54, 1.807) is 37.3 Å². The van der Waals surface area contributed by atoms with E-state index in [0.717, 1.165) is 6.20 Å². The highest BCUT2D eigenvalue weighted by molar-refractivity contribution is 5.95. The predicted molar refractivity (Wildman–Crippen MR) is 84.0 cm³/mol. The van der Waals surface area contributed by atoms with Gasteiger partial charge < -0.3 is 10.6 Å². The summed E-state index contributed by atoms with van der Waals surface area (Å²) in [4.78, 5) is 19.3. The van der Waals surface area contributed by atoms with E-state index in [9.17, 15) is 18.0 Å². The van der Waals surface area contributed by atoms with Gasteiger partial charge in [0.15, 0.2) is 5.69 Å². The first-order chi connectivity index (χ1) is 11.3. The van der Waals surface area contributed by atoms with E-state index in [2.05, 4.69) is 20.6 Å². The summed E-state index contributed by atoms with van der Waals surface area (Å²) in [6.45, 7) is 3.52. The first kappa shape index (κ1) is 17.7. The maximum Gasteiger partial charge on any atom is 0.434 e. The molecule has 1 amide bonds. The van der Waals surface area contributed by atoms with Gasteiger partial charge in [-0.1, -0.05) is 25.1 Å². The molecule has 0 radical (unpaired) electrons. The average Bonchev–Trinajstić information content (AvgIpc) is 2.54. The molecule has 1 unspecified atom stereocenters. The number of benzene rings is 1.